The maximum Gasteiger partial charge on any atom is 4.00 e. The molecule has 168 valence electrons. The summed E-state index contributed by atoms with van der Waals surface area (Å²) in [5.41, 5.74) is 5.70. The third-order valence-electron chi connectivity index (χ3n) is 6.07. The van der Waals surface area contributed by atoms with Crippen molar-refractivity contribution in [3.05, 3.63) is 82.1 Å². The van der Waals surface area contributed by atoms with E-state index in [4.69, 9.17) is 0 Å². The SMILES string of the molecule is CC1=C(C)C(C)(C)[C-]=C1[Si](C)(C)P(c1ccc(C)cc1)c1ccc(C)cc1.[Cl-].[Cl-].[Cl-].[Cr+4]. The molecule has 0 aromatic heterocycles. The van der Waals surface area contributed by atoms with E-state index >= 15 is 0 Å². The van der Waals surface area contributed by atoms with Crippen molar-refractivity contribution in [2.75, 3.05) is 0 Å². The first-order chi connectivity index (χ1) is 12.5. The number of halogens is 3. The Morgan fingerprint density at radius 3 is 1.35 bits per heavy atom. The van der Waals surface area contributed by atoms with Gasteiger partial charge in [-0.25, -0.2) is 10.8 Å². The van der Waals surface area contributed by atoms with Crippen LogP contribution in [0.1, 0.15) is 38.8 Å². The monoisotopic (exact) mass is 548 g/mol. The van der Waals surface area contributed by atoms with Crippen LogP contribution in [-0.2, 0) is 17.4 Å². The molecule has 0 amide bonds. The van der Waals surface area contributed by atoms with Crippen molar-refractivity contribution in [1.82, 2.24) is 0 Å². The van der Waals surface area contributed by atoms with Gasteiger partial charge in [0.05, 0.1) is 7.74 Å². The molecule has 0 fully saturated rings. The van der Waals surface area contributed by atoms with E-state index < -0.39 is 15.2 Å². The zero-order valence-electron chi connectivity index (χ0n) is 19.6. The summed E-state index contributed by atoms with van der Waals surface area (Å²) in [4.78, 5) is 0. The predicted octanol–water partition coefficient (Wildman–Crippen LogP) is -2.40. The molecule has 3 rings (SSSR count). The van der Waals surface area contributed by atoms with Crippen LogP contribution in [0.25, 0.3) is 0 Å². The minimum atomic E-state index is -1.80. The van der Waals surface area contributed by atoms with E-state index in [1.165, 1.54) is 38.1 Å². The minimum Gasteiger partial charge on any atom is -1.00 e. The van der Waals surface area contributed by atoms with Gasteiger partial charge < -0.3 is 37.2 Å². The van der Waals surface area contributed by atoms with E-state index in [1.54, 1.807) is 0 Å². The van der Waals surface area contributed by atoms with Gasteiger partial charge in [-0.05, 0) is 24.5 Å². The minimum absolute atomic E-state index is 0. The van der Waals surface area contributed by atoms with E-state index in [0.29, 0.717) is 0 Å². The number of allylic oxidation sites excluding steroid dienone is 4. The van der Waals surface area contributed by atoms with Crippen molar-refractivity contribution in [3.8, 4) is 0 Å². The van der Waals surface area contributed by atoms with E-state index in [9.17, 15) is 0 Å². The molecule has 0 aliphatic heterocycles. The van der Waals surface area contributed by atoms with Crippen molar-refractivity contribution >= 4 is 25.8 Å². The maximum atomic E-state index is 3.93. The zero-order chi connectivity index (χ0) is 20.0. The molecule has 0 N–H and O–H groups in total. The molecule has 0 spiro atoms. The Labute approximate surface area is 221 Å². The third-order valence-corrected chi connectivity index (χ3v) is 16.1. The Balaban J connectivity index is 0. The van der Waals surface area contributed by atoms with Crippen LogP contribution in [-0.4, -0.2) is 7.74 Å². The molecule has 1 aliphatic carbocycles. The first kappa shape index (κ1) is 33.1. The molecule has 0 radical (unpaired) electrons. The molecule has 0 saturated heterocycles. The molecule has 31 heavy (non-hydrogen) atoms. The fraction of sp³-hybridized carbons (Fsp3) is 0.360. The summed E-state index contributed by atoms with van der Waals surface area (Å²) < 4.78 is 0. The molecule has 6 heteroatoms. The number of benzene rings is 2. The van der Waals surface area contributed by atoms with Gasteiger partial charge in [0, 0.05) is 0 Å². The van der Waals surface area contributed by atoms with Gasteiger partial charge in [-0.1, -0.05) is 106 Å². The normalized spacial score (nSPS) is 14.7. The summed E-state index contributed by atoms with van der Waals surface area (Å²) in [7, 11) is -2.21. The molecule has 0 nitrogen and oxygen atoms in total. The number of hydrogen-bond donors (Lipinski definition) is 0. The van der Waals surface area contributed by atoms with Gasteiger partial charge in [-0.15, -0.1) is 6.92 Å². The Bertz CT molecular complexity index is 871. The third kappa shape index (κ3) is 6.74. The van der Waals surface area contributed by atoms with Crippen LogP contribution in [0.15, 0.2) is 64.9 Å². The van der Waals surface area contributed by atoms with Gasteiger partial charge in [0.1, 0.15) is 0 Å². The summed E-state index contributed by atoms with van der Waals surface area (Å²) in [5, 5.41) is 4.54. The largest absolute Gasteiger partial charge is 4.00 e. The maximum absolute atomic E-state index is 3.93. The quantitative estimate of drug-likeness (QED) is 0.227. The van der Waals surface area contributed by atoms with E-state index in [2.05, 4.69) is 109 Å². The van der Waals surface area contributed by atoms with Crippen molar-refractivity contribution in [3.63, 3.8) is 0 Å². The average molecular weight is 550 g/mol. The first-order valence-corrected chi connectivity index (χ1v) is 15.0. The molecule has 0 atom stereocenters. The fourth-order valence-corrected chi connectivity index (χ4v) is 14.6. The summed E-state index contributed by atoms with van der Waals surface area (Å²) in [6.45, 7) is 18.7. The second-order valence-electron chi connectivity index (χ2n) is 8.94. The first-order valence-electron chi connectivity index (χ1n) is 9.81. The van der Waals surface area contributed by atoms with Gasteiger partial charge in [-0.2, -0.15) is 5.57 Å². The molecule has 0 bridgehead atoms. The van der Waals surface area contributed by atoms with Gasteiger partial charge in [0.2, 0.25) is 0 Å². The van der Waals surface area contributed by atoms with Crippen LogP contribution in [0.4, 0.5) is 0 Å². The Hall–Kier alpha value is -0.0306. The van der Waals surface area contributed by atoms with Crippen molar-refractivity contribution in [2.24, 2.45) is 5.41 Å². The van der Waals surface area contributed by atoms with Gasteiger partial charge in [-0.3, -0.25) is 6.08 Å². The summed E-state index contributed by atoms with van der Waals surface area (Å²) in [6, 6.07) is 18.5. The summed E-state index contributed by atoms with van der Waals surface area (Å²) in [5.74, 6) is 0. The van der Waals surface area contributed by atoms with Crippen LogP contribution in [0.3, 0.4) is 0 Å². The molecule has 0 saturated carbocycles. The molecule has 0 heterocycles. The fourth-order valence-electron chi connectivity index (χ4n) is 4.06. The summed E-state index contributed by atoms with van der Waals surface area (Å²) >= 11 is 0. The smallest absolute Gasteiger partial charge is 1.00 e. The molecular formula is C25H32Cl3CrPSi. The van der Waals surface area contributed by atoms with Crippen LogP contribution < -0.4 is 47.8 Å². The topological polar surface area (TPSA) is 0 Å². The van der Waals surface area contributed by atoms with Crippen LogP contribution in [0.5, 0.6) is 0 Å². The average Bonchev–Trinajstić information content (AvgIpc) is 2.82. The van der Waals surface area contributed by atoms with Crippen LogP contribution in [0, 0.1) is 25.3 Å². The zero-order valence-corrected chi connectivity index (χ0v) is 25.0. The Kier molecular flexibility index (Phi) is 13.3. The van der Waals surface area contributed by atoms with Crippen LogP contribution >= 0.6 is 7.47 Å². The standard InChI is InChI=1S/C25H32PSi.3ClH.Cr/c1-18-9-13-22(14-10-18)26(23-15-11-19(2)12-16-23)27(7,8)24-17-25(5,6)21(4)20(24)3;;;;/h9-16H,1-8H3;3*1H;/q-1;;;;+4/p-3. The predicted molar refractivity (Wildman–Crippen MR) is 125 cm³/mol. The molecule has 1 aliphatic rings. The van der Waals surface area contributed by atoms with E-state index in [0.717, 1.165) is 0 Å². The van der Waals surface area contributed by atoms with Gasteiger partial charge in [0.25, 0.3) is 0 Å². The van der Waals surface area contributed by atoms with Gasteiger partial charge >= 0.3 is 17.4 Å². The summed E-state index contributed by atoms with van der Waals surface area (Å²) in [6.07, 6.45) is 3.93. The number of rotatable bonds is 4. The molecule has 2 aromatic rings. The van der Waals surface area contributed by atoms with Crippen molar-refractivity contribution < 1.29 is 54.6 Å². The van der Waals surface area contributed by atoms with E-state index in [-0.39, 0.29) is 60.0 Å². The van der Waals surface area contributed by atoms with Crippen LogP contribution in [0.2, 0.25) is 13.1 Å². The molecular weight excluding hydrogens is 518 g/mol. The Morgan fingerprint density at radius 2 is 1.06 bits per heavy atom. The number of aryl methyl sites for hydroxylation is 2. The molecule has 0 unspecified atom stereocenters. The van der Waals surface area contributed by atoms with E-state index in [1.807, 2.05) is 0 Å². The second kappa shape index (κ2) is 12.4. The molecule has 2 aromatic carbocycles. The number of hydrogen-bond acceptors (Lipinski definition) is 0. The van der Waals surface area contributed by atoms with Crippen molar-refractivity contribution in [2.45, 2.75) is 54.6 Å². The second-order valence-corrected chi connectivity index (χ2v) is 19.0. The van der Waals surface area contributed by atoms with Crippen molar-refractivity contribution in [1.29, 1.82) is 0 Å². The van der Waals surface area contributed by atoms with Gasteiger partial charge in [0.15, 0.2) is 0 Å². The Morgan fingerprint density at radius 1 is 0.710 bits per heavy atom.